The summed E-state index contributed by atoms with van der Waals surface area (Å²) in [7, 11) is 0. The Labute approximate surface area is 207 Å². The Balaban J connectivity index is 1.32. The van der Waals surface area contributed by atoms with Crippen LogP contribution < -0.4 is 5.32 Å². The first-order chi connectivity index (χ1) is 16.6. The van der Waals surface area contributed by atoms with Crippen molar-refractivity contribution >= 4 is 17.2 Å². The van der Waals surface area contributed by atoms with Crippen molar-refractivity contribution in [2.45, 2.75) is 58.5 Å². The molecule has 1 atom stereocenters. The summed E-state index contributed by atoms with van der Waals surface area (Å²) in [5, 5.41) is 9.46. The second-order valence-corrected chi connectivity index (χ2v) is 10.4. The molecule has 0 aliphatic carbocycles. The van der Waals surface area contributed by atoms with Crippen LogP contribution in [0, 0.1) is 19.8 Å². The second-order valence-electron chi connectivity index (χ2n) is 10.0. The van der Waals surface area contributed by atoms with Gasteiger partial charge in [0.25, 0.3) is 0 Å². The van der Waals surface area contributed by atoms with Crippen molar-refractivity contribution in [1.82, 2.24) is 24.8 Å². The molecule has 5 rings (SSSR count). The van der Waals surface area contributed by atoms with Crippen LogP contribution in [0.3, 0.4) is 0 Å². The number of nitrogens with zero attached hydrogens (tertiary/aromatic N) is 4. The Morgan fingerprint density at radius 3 is 2.71 bits per heavy atom. The number of ether oxygens (including phenoxy) is 1. The van der Waals surface area contributed by atoms with Gasteiger partial charge in [0.1, 0.15) is 0 Å². The first-order valence-corrected chi connectivity index (χ1v) is 13.0. The molecule has 2 fully saturated rings. The zero-order valence-electron chi connectivity index (χ0n) is 20.4. The van der Waals surface area contributed by atoms with Gasteiger partial charge in [0.2, 0.25) is 0 Å². The van der Waals surface area contributed by atoms with Crippen molar-refractivity contribution in [3.8, 4) is 0 Å². The second kappa shape index (κ2) is 10.7. The van der Waals surface area contributed by atoms with Gasteiger partial charge in [-0.05, 0) is 81.8 Å². The molecule has 1 aromatic carbocycles. The van der Waals surface area contributed by atoms with Gasteiger partial charge in [0, 0.05) is 55.5 Å². The molecular formula is C27H36ClN5O. The minimum absolute atomic E-state index is 0.453. The summed E-state index contributed by atoms with van der Waals surface area (Å²) in [6.07, 6.45) is 6.73. The summed E-state index contributed by atoms with van der Waals surface area (Å²) in [5.41, 5.74) is 7.18. The van der Waals surface area contributed by atoms with E-state index in [4.69, 9.17) is 26.4 Å². The van der Waals surface area contributed by atoms with E-state index in [-0.39, 0.29) is 0 Å². The van der Waals surface area contributed by atoms with E-state index < -0.39 is 0 Å². The van der Waals surface area contributed by atoms with Gasteiger partial charge in [-0.1, -0.05) is 23.7 Å². The number of halogens is 1. The average Bonchev–Trinajstić information content (AvgIpc) is 3.16. The molecule has 6 nitrogen and oxygen atoms in total. The molecule has 7 heteroatoms. The Kier molecular flexibility index (Phi) is 7.49. The standard InChI is InChI=1S/C27H36ClN5O/c1-19-14-30-27-25(16-29-15-21-9-12-34-13-10-21)20(2)31-33(27)26(19)23-4-3-11-32(18-23)17-22-5-7-24(28)8-6-22/h5-8,14,21,23,29H,3-4,9-13,15-18H2,1-2H3. The number of benzene rings is 1. The smallest absolute Gasteiger partial charge is 0.160 e. The summed E-state index contributed by atoms with van der Waals surface area (Å²) >= 11 is 6.08. The molecular weight excluding hydrogens is 446 g/mol. The third kappa shape index (κ3) is 5.30. The molecule has 2 aromatic heterocycles. The van der Waals surface area contributed by atoms with E-state index in [1.165, 1.54) is 35.2 Å². The van der Waals surface area contributed by atoms with E-state index in [0.717, 1.165) is 75.1 Å². The van der Waals surface area contributed by atoms with Gasteiger partial charge in [0.05, 0.1) is 11.4 Å². The number of hydrogen-bond donors (Lipinski definition) is 1. The summed E-state index contributed by atoms with van der Waals surface area (Å²) in [5.74, 6) is 1.16. The summed E-state index contributed by atoms with van der Waals surface area (Å²) in [4.78, 5) is 7.40. The zero-order chi connectivity index (χ0) is 23.5. The van der Waals surface area contributed by atoms with Crippen LogP contribution in [0.25, 0.3) is 5.65 Å². The third-order valence-electron chi connectivity index (χ3n) is 7.46. The summed E-state index contributed by atoms with van der Waals surface area (Å²) < 4.78 is 7.64. The molecule has 182 valence electrons. The molecule has 1 N–H and O–H groups in total. The Bertz CT molecular complexity index is 1110. The highest BCUT2D eigenvalue weighted by molar-refractivity contribution is 6.30. The Morgan fingerprint density at radius 1 is 1.12 bits per heavy atom. The first kappa shape index (κ1) is 23.7. The number of aryl methyl sites for hydroxylation is 2. The number of rotatable bonds is 7. The monoisotopic (exact) mass is 481 g/mol. The maximum absolute atomic E-state index is 6.08. The van der Waals surface area contributed by atoms with Crippen molar-refractivity contribution in [2.24, 2.45) is 5.92 Å². The van der Waals surface area contributed by atoms with Gasteiger partial charge in [-0.25, -0.2) is 9.50 Å². The van der Waals surface area contributed by atoms with Crippen molar-refractivity contribution in [3.05, 3.63) is 63.6 Å². The topological polar surface area (TPSA) is 54.7 Å². The van der Waals surface area contributed by atoms with Gasteiger partial charge >= 0.3 is 0 Å². The van der Waals surface area contributed by atoms with Crippen LogP contribution >= 0.6 is 11.6 Å². The lowest BCUT2D eigenvalue weighted by Gasteiger charge is -2.33. The normalized spacial score (nSPS) is 20.3. The fourth-order valence-electron chi connectivity index (χ4n) is 5.56. The van der Waals surface area contributed by atoms with E-state index >= 15 is 0 Å². The van der Waals surface area contributed by atoms with E-state index in [9.17, 15) is 0 Å². The lowest BCUT2D eigenvalue weighted by Crippen LogP contribution is -2.35. The molecule has 0 amide bonds. The van der Waals surface area contributed by atoms with Crippen LogP contribution in [-0.4, -0.2) is 52.3 Å². The van der Waals surface area contributed by atoms with E-state index in [1.807, 2.05) is 18.3 Å². The fraction of sp³-hybridized carbons (Fsp3) is 0.556. The fourth-order valence-corrected chi connectivity index (χ4v) is 5.69. The molecule has 2 saturated heterocycles. The van der Waals surface area contributed by atoms with Gasteiger partial charge in [0.15, 0.2) is 5.65 Å². The minimum atomic E-state index is 0.453. The Hall–Kier alpha value is -1.99. The molecule has 3 aromatic rings. The van der Waals surface area contributed by atoms with E-state index in [1.54, 1.807) is 0 Å². The van der Waals surface area contributed by atoms with Crippen LogP contribution in [0.2, 0.25) is 5.02 Å². The third-order valence-corrected chi connectivity index (χ3v) is 7.71. The lowest BCUT2D eigenvalue weighted by molar-refractivity contribution is 0.0662. The van der Waals surface area contributed by atoms with Crippen molar-refractivity contribution in [3.63, 3.8) is 0 Å². The largest absolute Gasteiger partial charge is 0.381 e. The van der Waals surface area contributed by atoms with Crippen molar-refractivity contribution in [2.75, 3.05) is 32.8 Å². The van der Waals surface area contributed by atoms with E-state index in [0.29, 0.717) is 11.8 Å². The van der Waals surface area contributed by atoms with Crippen molar-refractivity contribution in [1.29, 1.82) is 0 Å². The molecule has 0 bridgehead atoms. The van der Waals surface area contributed by atoms with Crippen LogP contribution in [0.5, 0.6) is 0 Å². The highest BCUT2D eigenvalue weighted by Gasteiger charge is 2.26. The van der Waals surface area contributed by atoms with Gasteiger partial charge in [-0.2, -0.15) is 5.10 Å². The molecule has 34 heavy (non-hydrogen) atoms. The molecule has 0 spiro atoms. The highest BCUT2D eigenvalue weighted by Crippen LogP contribution is 2.31. The maximum Gasteiger partial charge on any atom is 0.160 e. The summed E-state index contributed by atoms with van der Waals surface area (Å²) in [6.45, 7) is 11.1. The number of nitrogens with one attached hydrogen (secondary N) is 1. The van der Waals surface area contributed by atoms with Crippen LogP contribution in [0.1, 0.15) is 59.7 Å². The van der Waals surface area contributed by atoms with Crippen molar-refractivity contribution < 1.29 is 4.74 Å². The molecule has 0 saturated carbocycles. The highest BCUT2D eigenvalue weighted by atomic mass is 35.5. The van der Waals surface area contributed by atoms with Crippen LogP contribution in [0.4, 0.5) is 0 Å². The molecule has 0 radical (unpaired) electrons. The maximum atomic E-state index is 6.08. The Morgan fingerprint density at radius 2 is 1.91 bits per heavy atom. The van der Waals surface area contributed by atoms with Gasteiger partial charge in [-0.15, -0.1) is 0 Å². The number of fused-ring (bicyclic) bond motifs is 1. The SMILES string of the molecule is Cc1cnc2c(CNCC3CCOCC3)c(C)nn2c1C1CCCN(Cc2ccc(Cl)cc2)C1. The number of aromatic nitrogens is 3. The number of hydrogen-bond acceptors (Lipinski definition) is 5. The quantitative estimate of drug-likeness (QED) is 0.520. The molecule has 2 aliphatic heterocycles. The zero-order valence-corrected chi connectivity index (χ0v) is 21.2. The molecule has 1 unspecified atom stereocenters. The van der Waals surface area contributed by atoms with Crippen LogP contribution in [-0.2, 0) is 17.8 Å². The number of piperidine rings is 1. The summed E-state index contributed by atoms with van der Waals surface area (Å²) in [6, 6.07) is 8.24. The number of likely N-dealkylation sites (tertiary alicyclic amines) is 1. The molecule has 2 aliphatic rings. The van der Waals surface area contributed by atoms with Gasteiger partial charge in [-0.3, -0.25) is 4.90 Å². The first-order valence-electron chi connectivity index (χ1n) is 12.7. The van der Waals surface area contributed by atoms with E-state index in [2.05, 4.69) is 40.7 Å². The van der Waals surface area contributed by atoms with Crippen LogP contribution in [0.15, 0.2) is 30.5 Å². The van der Waals surface area contributed by atoms with Gasteiger partial charge < -0.3 is 10.1 Å². The predicted molar refractivity (Wildman–Crippen MR) is 136 cm³/mol. The lowest BCUT2D eigenvalue weighted by atomic mass is 9.92. The molecule has 4 heterocycles. The predicted octanol–water partition coefficient (Wildman–Crippen LogP) is 4.90. The minimum Gasteiger partial charge on any atom is -0.381 e. The average molecular weight is 482 g/mol.